The third kappa shape index (κ3) is 3.03. The van der Waals surface area contributed by atoms with Gasteiger partial charge in [-0.3, -0.25) is 0 Å². The summed E-state index contributed by atoms with van der Waals surface area (Å²) < 4.78 is 5.49. The fourth-order valence-corrected chi connectivity index (χ4v) is 2.74. The predicted molar refractivity (Wildman–Crippen MR) is 76.2 cm³/mol. The summed E-state index contributed by atoms with van der Waals surface area (Å²) in [4.78, 5) is 2.44. The lowest BCUT2D eigenvalue weighted by molar-refractivity contribution is 0.0893. The number of hydrogen-bond acceptors (Lipinski definition) is 3. The van der Waals surface area contributed by atoms with Gasteiger partial charge in [-0.15, -0.1) is 0 Å². The first-order chi connectivity index (χ1) is 8.74. The lowest BCUT2D eigenvalue weighted by atomic mass is 10.0. The van der Waals surface area contributed by atoms with Gasteiger partial charge in [0, 0.05) is 25.9 Å². The van der Waals surface area contributed by atoms with Gasteiger partial charge in [-0.1, -0.05) is 12.1 Å². The Morgan fingerprint density at radius 2 is 2.28 bits per heavy atom. The van der Waals surface area contributed by atoms with E-state index in [1.807, 2.05) is 7.11 Å². The Bertz CT molecular complexity index is 392. The summed E-state index contributed by atoms with van der Waals surface area (Å²) in [7, 11) is 1.81. The molecule has 1 aromatic rings. The van der Waals surface area contributed by atoms with Gasteiger partial charge in [0.05, 0.1) is 6.10 Å². The van der Waals surface area contributed by atoms with Crippen molar-refractivity contribution in [2.75, 3.05) is 31.6 Å². The first kappa shape index (κ1) is 13.4. The maximum Gasteiger partial charge on any atom is 0.0746 e. The van der Waals surface area contributed by atoms with Crippen molar-refractivity contribution in [3.8, 4) is 0 Å². The van der Waals surface area contributed by atoms with E-state index in [4.69, 9.17) is 10.5 Å². The van der Waals surface area contributed by atoms with Crippen LogP contribution in [-0.2, 0) is 11.2 Å². The average molecular weight is 248 g/mol. The van der Waals surface area contributed by atoms with Gasteiger partial charge in [0.2, 0.25) is 0 Å². The maximum atomic E-state index is 5.60. The van der Waals surface area contributed by atoms with E-state index in [2.05, 4.69) is 30.0 Å². The Labute approximate surface area is 110 Å². The molecule has 0 amide bonds. The van der Waals surface area contributed by atoms with Gasteiger partial charge in [-0.2, -0.15) is 0 Å². The number of benzene rings is 1. The zero-order valence-corrected chi connectivity index (χ0v) is 11.5. The topological polar surface area (TPSA) is 38.5 Å². The van der Waals surface area contributed by atoms with E-state index in [-0.39, 0.29) is 0 Å². The zero-order chi connectivity index (χ0) is 13.0. The van der Waals surface area contributed by atoms with E-state index in [1.54, 1.807) is 0 Å². The summed E-state index contributed by atoms with van der Waals surface area (Å²) in [5, 5.41) is 0. The van der Waals surface area contributed by atoms with Gasteiger partial charge >= 0.3 is 0 Å². The molecule has 3 nitrogen and oxygen atoms in total. The average Bonchev–Trinajstić information content (AvgIpc) is 2.39. The minimum absolute atomic E-state index is 0.377. The molecule has 1 aliphatic heterocycles. The Hall–Kier alpha value is -1.06. The lowest BCUT2D eigenvalue weighted by Crippen LogP contribution is -2.39. The molecule has 1 saturated heterocycles. The monoisotopic (exact) mass is 248 g/mol. The number of methoxy groups -OCH3 is 1. The first-order valence-corrected chi connectivity index (χ1v) is 6.82. The van der Waals surface area contributed by atoms with Crippen LogP contribution < -0.4 is 10.6 Å². The van der Waals surface area contributed by atoms with Crippen molar-refractivity contribution < 1.29 is 4.74 Å². The van der Waals surface area contributed by atoms with Gasteiger partial charge in [0.15, 0.2) is 0 Å². The molecule has 0 bridgehead atoms. The molecule has 0 aliphatic carbocycles. The van der Waals surface area contributed by atoms with E-state index >= 15 is 0 Å². The molecule has 0 saturated carbocycles. The Kier molecular flexibility index (Phi) is 4.61. The van der Waals surface area contributed by atoms with E-state index in [0.29, 0.717) is 12.6 Å². The number of nitrogens with two attached hydrogens (primary N) is 1. The number of anilines is 1. The second-order valence-corrected chi connectivity index (χ2v) is 5.11. The van der Waals surface area contributed by atoms with Crippen LogP contribution in [0, 0.1) is 6.92 Å². The molecule has 2 N–H and O–H groups in total. The van der Waals surface area contributed by atoms with E-state index in [1.165, 1.54) is 29.7 Å². The number of piperidine rings is 1. The number of hydrogen-bond donors (Lipinski definition) is 1. The summed E-state index contributed by atoms with van der Waals surface area (Å²) in [6, 6.07) is 6.70. The maximum absolute atomic E-state index is 5.60. The van der Waals surface area contributed by atoms with Crippen molar-refractivity contribution in [3.63, 3.8) is 0 Å². The fourth-order valence-electron chi connectivity index (χ4n) is 2.74. The zero-order valence-electron chi connectivity index (χ0n) is 11.5. The molecule has 1 fully saturated rings. The molecule has 1 unspecified atom stereocenters. The van der Waals surface area contributed by atoms with Crippen molar-refractivity contribution >= 4 is 5.69 Å². The fraction of sp³-hybridized carbons (Fsp3) is 0.600. The van der Waals surface area contributed by atoms with Crippen molar-refractivity contribution in [2.24, 2.45) is 5.73 Å². The Morgan fingerprint density at radius 3 is 2.94 bits per heavy atom. The van der Waals surface area contributed by atoms with Gasteiger partial charge < -0.3 is 15.4 Å². The second-order valence-electron chi connectivity index (χ2n) is 5.11. The predicted octanol–water partition coefficient (Wildman–Crippen LogP) is 2.11. The minimum Gasteiger partial charge on any atom is -0.380 e. The molecule has 1 aliphatic rings. The summed E-state index contributed by atoms with van der Waals surface area (Å²) >= 11 is 0. The Balaban J connectivity index is 2.12. The minimum atomic E-state index is 0.377. The largest absolute Gasteiger partial charge is 0.380 e. The van der Waals surface area contributed by atoms with Crippen LogP contribution in [0.1, 0.15) is 24.0 Å². The quantitative estimate of drug-likeness (QED) is 0.887. The van der Waals surface area contributed by atoms with Crippen LogP contribution in [0.25, 0.3) is 0 Å². The van der Waals surface area contributed by atoms with E-state index < -0.39 is 0 Å². The van der Waals surface area contributed by atoms with Crippen molar-refractivity contribution in [3.05, 3.63) is 29.3 Å². The summed E-state index contributed by atoms with van der Waals surface area (Å²) in [6.07, 6.45) is 3.73. The highest BCUT2D eigenvalue weighted by Gasteiger charge is 2.20. The van der Waals surface area contributed by atoms with Crippen LogP contribution in [0.3, 0.4) is 0 Å². The van der Waals surface area contributed by atoms with Crippen LogP contribution >= 0.6 is 0 Å². The van der Waals surface area contributed by atoms with Crippen LogP contribution in [0.15, 0.2) is 18.2 Å². The molecular formula is C15H24N2O. The van der Waals surface area contributed by atoms with Crippen molar-refractivity contribution in [1.82, 2.24) is 0 Å². The molecule has 0 spiro atoms. The highest BCUT2D eigenvalue weighted by atomic mass is 16.5. The molecule has 0 aromatic heterocycles. The van der Waals surface area contributed by atoms with Gasteiger partial charge in [0.1, 0.15) is 0 Å². The lowest BCUT2D eigenvalue weighted by Gasteiger charge is -2.34. The van der Waals surface area contributed by atoms with E-state index in [9.17, 15) is 0 Å². The Morgan fingerprint density at radius 1 is 1.44 bits per heavy atom. The summed E-state index contributed by atoms with van der Waals surface area (Å²) in [6.45, 7) is 5.05. The molecule has 1 aromatic carbocycles. The molecule has 2 rings (SSSR count). The standard InChI is InChI=1S/C15H24N2O/c1-12-10-13(7-8-16)5-6-15(12)17-9-3-4-14(11-17)18-2/h5-6,10,14H,3-4,7-9,11,16H2,1-2H3. The number of rotatable bonds is 4. The van der Waals surface area contributed by atoms with Crippen LogP contribution in [0.5, 0.6) is 0 Å². The molecule has 0 radical (unpaired) electrons. The smallest absolute Gasteiger partial charge is 0.0746 e. The number of ether oxygens (including phenoxy) is 1. The van der Waals surface area contributed by atoms with Crippen LogP contribution in [-0.4, -0.2) is 32.8 Å². The molecular weight excluding hydrogens is 224 g/mol. The molecule has 100 valence electrons. The molecule has 1 heterocycles. The van der Waals surface area contributed by atoms with Gasteiger partial charge in [-0.05, 0) is 49.9 Å². The van der Waals surface area contributed by atoms with Crippen LogP contribution in [0.4, 0.5) is 5.69 Å². The number of nitrogens with zero attached hydrogens (tertiary/aromatic N) is 1. The van der Waals surface area contributed by atoms with Crippen molar-refractivity contribution in [2.45, 2.75) is 32.3 Å². The molecule has 18 heavy (non-hydrogen) atoms. The van der Waals surface area contributed by atoms with Crippen molar-refractivity contribution in [1.29, 1.82) is 0 Å². The van der Waals surface area contributed by atoms with Crippen LogP contribution in [0.2, 0.25) is 0 Å². The first-order valence-electron chi connectivity index (χ1n) is 6.82. The normalized spacial score (nSPS) is 20.2. The third-order valence-corrected chi connectivity index (χ3v) is 3.75. The third-order valence-electron chi connectivity index (χ3n) is 3.75. The van der Waals surface area contributed by atoms with Gasteiger partial charge in [-0.25, -0.2) is 0 Å². The summed E-state index contributed by atoms with van der Waals surface area (Å²) in [5.41, 5.74) is 9.62. The van der Waals surface area contributed by atoms with Gasteiger partial charge in [0.25, 0.3) is 0 Å². The highest BCUT2D eigenvalue weighted by Crippen LogP contribution is 2.25. The molecule has 3 heteroatoms. The second kappa shape index (κ2) is 6.21. The highest BCUT2D eigenvalue weighted by molar-refractivity contribution is 5.55. The van der Waals surface area contributed by atoms with E-state index in [0.717, 1.165) is 19.5 Å². The number of aryl methyl sites for hydroxylation is 1. The summed E-state index contributed by atoms with van der Waals surface area (Å²) in [5.74, 6) is 0. The molecule has 1 atom stereocenters. The SMILES string of the molecule is COC1CCCN(c2ccc(CCN)cc2C)C1.